The molecular weight excluding hydrogens is 268 g/mol. The molecule has 1 aliphatic rings. The van der Waals surface area contributed by atoms with E-state index in [4.69, 9.17) is 4.98 Å². The van der Waals surface area contributed by atoms with Gasteiger partial charge in [-0.15, -0.1) is 0 Å². The Hall–Kier alpha value is -2.61. The first-order chi connectivity index (χ1) is 10.7. The molecule has 0 fully saturated rings. The van der Waals surface area contributed by atoms with Crippen molar-refractivity contribution in [2.45, 2.75) is 20.3 Å². The van der Waals surface area contributed by atoms with Crippen LogP contribution in [0, 0.1) is 13.8 Å². The van der Waals surface area contributed by atoms with Gasteiger partial charge < -0.3 is 5.32 Å². The van der Waals surface area contributed by atoms with Crippen molar-refractivity contribution < 1.29 is 0 Å². The summed E-state index contributed by atoms with van der Waals surface area (Å²) in [5, 5.41) is 3.61. The highest BCUT2D eigenvalue weighted by Crippen LogP contribution is 2.40. The van der Waals surface area contributed by atoms with Gasteiger partial charge in [0.15, 0.2) is 0 Å². The molecule has 0 atom stereocenters. The lowest BCUT2D eigenvalue weighted by Gasteiger charge is -2.14. The molecule has 1 heterocycles. The SMILES string of the molecule is Cc1cc(Nc2ccccc2C)c2c(n1)-c1ccccc1C2. The molecule has 4 rings (SSSR count). The van der Waals surface area contributed by atoms with Gasteiger partial charge in [0, 0.05) is 34.6 Å². The zero-order valence-corrected chi connectivity index (χ0v) is 12.9. The molecule has 1 aromatic heterocycles. The number of para-hydroxylation sites is 1. The number of aryl methyl sites for hydroxylation is 2. The van der Waals surface area contributed by atoms with Crippen LogP contribution in [0.3, 0.4) is 0 Å². The van der Waals surface area contributed by atoms with Crippen molar-refractivity contribution in [1.29, 1.82) is 0 Å². The summed E-state index contributed by atoms with van der Waals surface area (Å²) in [6, 6.07) is 19.1. The summed E-state index contributed by atoms with van der Waals surface area (Å²) in [4.78, 5) is 4.78. The van der Waals surface area contributed by atoms with Gasteiger partial charge in [-0.25, -0.2) is 0 Å². The minimum absolute atomic E-state index is 0.951. The molecule has 0 saturated carbocycles. The molecule has 0 radical (unpaired) electrons. The van der Waals surface area contributed by atoms with E-state index in [0.717, 1.165) is 23.5 Å². The number of pyridine rings is 1. The van der Waals surface area contributed by atoms with Gasteiger partial charge in [-0.2, -0.15) is 0 Å². The van der Waals surface area contributed by atoms with E-state index < -0.39 is 0 Å². The summed E-state index contributed by atoms with van der Waals surface area (Å²) >= 11 is 0. The lowest BCUT2D eigenvalue weighted by molar-refractivity contribution is 1.17. The van der Waals surface area contributed by atoms with Crippen molar-refractivity contribution in [2.75, 3.05) is 5.32 Å². The molecule has 2 nitrogen and oxygen atoms in total. The van der Waals surface area contributed by atoms with Crippen LogP contribution in [0.25, 0.3) is 11.3 Å². The van der Waals surface area contributed by atoms with E-state index in [0.29, 0.717) is 0 Å². The van der Waals surface area contributed by atoms with Crippen molar-refractivity contribution in [1.82, 2.24) is 4.98 Å². The molecule has 0 amide bonds. The van der Waals surface area contributed by atoms with Crippen molar-refractivity contribution >= 4 is 11.4 Å². The Morgan fingerprint density at radius 1 is 0.909 bits per heavy atom. The number of benzene rings is 2. The molecule has 2 heteroatoms. The standard InChI is InChI=1S/C20H18N2/c1-13-7-3-6-10-18(13)22-19-11-14(2)21-20-16-9-5-4-8-15(16)12-17(19)20/h3-11H,12H2,1-2H3,(H,21,22). The number of anilines is 2. The van der Waals surface area contributed by atoms with Gasteiger partial charge in [0.05, 0.1) is 5.69 Å². The number of nitrogens with zero attached hydrogens (tertiary/aromatic N) is 1. The minimum Gasteiger partial charge on any atom is -0.355 e. The molecule has 0 unspecified atom stereocenters. The maximum Gasteiger partial charge on any atom is 0.0764 e. The Bertz CT molecular complexity index is 865. The molecule has 0 aliphatic heterocycles. The summed E-state index contributed by atoms with van der Waals surface area (Å²) in [5.41, 5.74) is 9.70. The number of hydrogen-bond acceptors (Lipinski definition) is 2. The van der Waals surface area contributed by atoms with Crippen LogP contribution < -0.4 is 5.32 Å². The van der Waals surface area contributed by atoms with Crippen LogP contribution in [0.15, 0.2) is 54.6 Å². The Balaban J connectivity index is 1.83. The molecule has 2 aromatic carbocycles. The molecular formula is C20H18N2. The highest BCUT2D eigenvalue weighted by atomic mass is 14.9. The second kappa shape index (κ2) is 4.99. The van der Waals surface area contributed by atoms with Crippen molar-refractivity contribution in [3.63, 3.8) is 0 Å². The summed E-state index contributed by atoms with van der Waals surface area (Å²) in [7, 11) is 0. The molecule has 1 N–H and O–H groups in total. The van der Waals surface area contributed by atoms with Crippen molar-refractivity contribution in [3.05, 3.63) is 77.0 Å². The number of rotatable bonds is 2. The van der Waals surface area contributed by atoms with Gasteiger partial charge >= 0.3 is 0 Å². The monoisotopic (exact) mass is 286 g/mol. The van der Waals surface area contributed by atoms with Crippen LogP contribution in [-0.4, -0.2) is 4.98 Å². The highest BCUT2D eigenvalue weighted by molar-refractivity contribution is 5.81. The second-order valence-corrected chi connectivity index (χ2v) is 5.91. The summed E-state index contributed by atoms with van der Waals surface area (Å²) in [6.07, 6.45) is 0.951. The zero-order valence-electron chi connectivity index (χ0n) is 12.9. The highest BCUT2D eigenvalue weighted by Gasteiger charge is 2.22. The predicted octanol–water partition coefficient (Wildman–Crippen LogP) is 5.01. The number of aromatic nitrogens is 1. The summed E-state index contributed by atoms with van der Waals surface area (Å²) in [6.45, 7) is 4.19. The topological polar surface area (TPSA) is 24.9 Å². The van der Waals surface area contributed by atoms with E-state index in [1.54, 1.807) is 0 Å². The van der Waals surface area contributed by atoms with Crippen LogP contribution in [0.4, 0.5) is 11.4 Å². The fourth-order valence-corrected chi connectivity index (χ4v) is 3.17. The van der Waals surface area contributed by atoms with Crippen LogP contribution >= 0.6 is 0 Å². The molecule has 22 heavy (non-hydrogen) atoms. The first-order valence-corrected chi connectivity index (χ1v) is 7.64. The molecule has 1 aliphatic carbocycles. The molecule has 108 valence electrons. The number of hydrogen-bond donors (Lipinski definition) is 1. The third-order valence-electron chi connectivity index (χ3n) is 4.31. The van der Waals surface area contributed by atoms with E-state index in [1.807, 2.05) is 0 Å². The van der Waals surface area contributed by atoms with E-state index in [9.17, 15) is 0 Å². The first kappa shape index (κ1) is 13.1. The van der Waals surface area contributed by atoms with Gasteiger partial charge in [-0.3, -0.25) is 4.98 Å². The lowest BCUT2D eigenvalue weighted by atomic mass is 10.1. The maximum absolute atomic E-state index is 4.78. The van der Waals surface area contributed by atoms with E-state index in [-0.39, 0.29) is 0 Å². The Kier molecular flexibility index (Phi) is 2.97. The van der Waals surface area contributed by atoms with Crippen LogP contribution in [0.5, 0.6) is 0 Å². The fraction of sp³-hybridized carbons (Fsp3) is 0.150. The smallest absolute Gasteiger partial charge is 0.0764 e. The largest absolute Gasteiger partial charge is 0.355 e. The fourth-order valence-electron chi connectivity index (χ4n) is 3.17. The predicted molar refractivity (Wildman–Crippen MR) is 91.7 cm³/mol. The number of fused-ring (bicyclic) bond motifs is 3. The Labute approximate surface area is 130 Å². The zero-order chi connectivity index (χ0) is 15.1. The van der Waals surface area contributed by atoms with E-state index in [2.05, 4.69) is 73.8 Å². The molecule has 0 saturated heterocycles. The normalized spacial score (nSPS) is 11.9. The lowest BCUT2D eigenvalue weighted by Crippen LogP contribution is -1.99. The van der Waals surface area contributed by atoms with Gasteiger partial charge in [0.2, 0.25) is 0 Å². The summed E-state index contributed by atoms with van der Waals surface area (Å²) in [5.74, 6) is 0. The van der Waals surface area contributed by atoms with Crippen LogP contribution in [-0.2, 0) is 6.42 Å². The van der Waals surface area contributed by atoms with E-state index in [1.165, 1.54) is 27.9 Å². The third-order valence-corrected chi connectivity index (χ3v) is 4.31. The Morgan fingerprint density at radius 3 is 2.55 bits per heavy atom. The van der Waals surface area contributed by atoms with Crippen LogP contribution in [0.1, 0.15) is 22.4 Å². The maximum atomic E-state index is 4.78. The molecule has 0 bridgehead atoms. The van der Waals surface area contributed by atoms with Crippen LogP contribution in [0.2, 0.25) is 0 Å². The summed E-state index contributed by atoms with van der Waals surface area (Å²) < 4.78 is 0. The quantitative estimate of drug-likeness (QED) is 0.560. The van der Waals surface area contributed by atoms with E-state index >= 15 is 0 Å². The van der Waals surface area contributed by atoms with Gasteiger partial charge in [-0.1, -0.05) is 42.5 Å². The molecule has 3 aromatic rings. The first-order valence-electron chi connectivity index (χ1n) is 7.64. The van der Waals surface area contributed by atoms with Gasteiger partial charge in [0.25, 0.3) is 0 Å². The molecule has 0 spiro atoms. The van der Waals surface area contributed by atoms with Gasteiger partial charge in [-0.05, 0) is 37.1 Å². The van der Waals surface area contributed by atoms with Crippen molar-refractivity contribution in [2.24, 2.45) is 0 Å². The Morgan fingerprint density at radius 2 is 1.68 bits per heavy atom. The van der Waals surface area contributed by atoms with Gasteiger partial charge in [0.1, 0.15) is 0 Å². The minimum atomic E-state index is 0.951. The van der Waals surface area contributed by atoms with Crippen molar-refractivity contribution in [3.8, 4) is 11.3 Å². The second-order valence-electron chi connectivity index (χ2n) is 5.91. The average molecular weight is 286 g/mol. The third kappa shape index (κ3) is 2.08. The average Bonchev–Trinajstić information content (AvgIpc) is 2.88. The number of nitrogens with one attached hydrogen (secondary N) is 1.